The minimum Gasteiger partial charge on any atom is -0.375 e. The van der Waals surface area contributed by atoms with E-state index in [1.807, 2.05) is 19.2 Å². The van der Waals surface area contributed by atoms with Gasteiger partial charge in [-0.1, -0.05) is 25.1 Å². The lowest BCUT2D eigenvalue weighted by Gasteiger charge is -2.32. The molecule has 3 rings (SSSR count). The maximum atomic E-state index is 5.60. The molecule has 8 heteroatoms. The summed E-state index contributed by atoms with van der Waals surface area (Å²) in [5, 5.41) is 10.6. The van der Waals surface area contributed by atoms with E-state index < -0.39 is 0 Å². The van der Waals surface area contributed by atoms with Gasteiger partial charge in [0.2, 0.25) is 0 Å². The molecular formula is C21H32N6O2. The van der Waals surface area contributed by atoms with Gasteiger partial charge in [0.15, 0.2) is 11.7 Å². The summed E-state index contributed by atoms with van der Waals surface area (Å²) < 4.78 is 11.0. The van der Waals surface area contributed by atoms with Crippen LogP contribution in [0.2, 0.25) is 0 Å². The average molecular weight is 401 g/mol. The summed E-state index contributed by atoms with van der Waals surface area (Å²) in [6.45, 7) is 12.7. The fraction of sp³-hybridized carbons (Fsp3) is 0.571. The highest BCUT2D eigenvalue weighted by Crippen LogP contribution is 2.16. The van der Waals surface area contributed by atoms with Gasteiger partial charge >= 0.3 is 0 Å². The van der Waals surface area contributed by atoms with Crippen LogP contribution >= 0.6 is 0 Å². The number of morpholine rings is 1. The summed E-state index contributed by atoms with van der Waals surface area (Å²) >= 11 is 0. The van der Waals surface area contributed by atoms with Crippen molar-refractivity contribution >= 4 is 11.8 Å². The van der Waals surface area contributed by atoms with E-state index in [9.17, 15) is 0 Å². The number of aromatic nitrogens is 2. The van der Waals surface area contributed by atoms with Gasteiger partial charge in [0.05, 0.1) is 31.5 Å². The topological polar surface area (TPSA) is 87.8 Å². The van der Waals surface area contributed by atoms with Crippen LogP contribution in [0, 0.1) is 0 Å². The third-order valence-electron chi connectivity index (χ3n) is 4.74. The second kappa shape index (κ2) is 10.2. The Morgan fingerprint density at radius 2 is 2.21 bits per heavy atom. The van der Waals surface area contributed by atoms with Crippen molar-refractivity contribution in [1.29, 1.82) is 0 Å². The summed E-state index contributed by atoms with van der Waals surface area (Å²) in [4.78, 5) is 11.5. The second-order valence-corrected chi connectivity index (χ2v) is 7.57. The van der Waals surface area contributed by atoms with Gasteiger partial charge < -0.3 is 24.8 Å². The first kappa shape index (κ1) is 21.1. The molecule has 2 aromatic rings. The first-order valence-corrected chi connectivity index (χ1v) is 10.3. The Morgan fingerprint density at radius 3 is 2.86 bits per heavy atom. The number of hydrogen-bond donors (Lipinski definition) is 2. The molecule has 1 unspecified atom stereocenters. The second-order valence-electron chi connectivity index (χ2n) is 7.57. The Bertz CT molecular complexity index is 787. The smallest absolute Gasteiger partial charge is 0.191 e. The number of pyridine rings is 1. The molecule has 3 heterocycles. The van der Waals surface area contributed by atoms with Crippen LogP contribution in [0.4, 0.5) is 5.82 Å². The third kappa shape index (κ3) is 6.19. The number of ether oxygens (including phenoxy) is 1. The zero-order valence-electron chi connectivity index (χ0n) is 17.8. The van der Waals surface area contributed by atoms with Crippen molar-refractivity contribution in [2.24, 2.45) is 4.99 Å². The van der Waals surface area contributed by atoms with E-state index in [-0.39, 0.29) is 6.10 Å². The molecule has 158 valence electrons. The summed E-state index contributed by atoms with van der Waals surface area (Å²) in [6, 6.07) is 6.13. The molecule has 1 fully saturated rings. The lowest BCUT2D eigenvalue weighted by atomic mass is 10.1. The maximum Gasteiger partial charge on any atom is 0.191 e. The number of guanidine groups is 1. The van der Waals surface area contributed by atoms with Gasteiger partial charge in [-0.3, -0.25) is 0 Å². The highest BCUT2D eigenvalue weighted by atomic mass is 16.5. The van der Waals surface area contributed by atoms with E-state index in [4.69, 9.17) is 9.26 Å². The number of hydrogen-bond acceptors (Lipinski definition) is 6. The minimum atomic E-state index is 0.240. The molecule has 0 aromatic carbocycles. The van der Waals surface area contributed by atoms with Crippen LogP contribution in [0.5, 0.6) is 0 Å². The van der Waals surface area contributed by atoms with Crippen molar-refractivity contribution in [3.63, 3.8) is 0 Å². The molecule has 0 radical (unpaired) electrons. The molecule has 29 heavy (non-hydrogen) atoms. The first-order chi connectivity index (χ1) is 14.0. The molecule has 0 spiro atoms. The maximum absolute atomic E-state index is 5.60. The van der Waals surface area contributed by atoms with Gasteiger partial charge in [0, 0.05) is 31.9 Å². The molecule has 1 aliphatic heterocycles. The van der Waals surface area contributed by atoms with Gasteiger partial charge in [-0.2, -0.15) is 0 Å². The predicted molar refractivity (Wildman–Crippen MR) is 114 cm³/mol. The molecule has 2 aromatic heterocycles. The van der Waals surface area contributed by atoms with Crippen molar-refractivity contribution in [2.45, 2.75) is 52.8 Å². The van der Waals surface area contributed by atoms with E-state index in [0.717, 1.165) is 55.0 Å². The normalized spacial score (nSPS) is 17.6. The first-order valence-electron chi connectivity index (χ1n) is 10.3. The zero-order chi connectivity index (χ0) is 20.6. The highest BCUT2D eigenvalue weighted by molar-refractivity contribution is 5.79. The van der Waals surface area contributed by atoms with Crippen LogP contribution in [-0.4, -0.2) is 48.4 Å². The molecule has 0 saturated carbocycles. The van der Waals surface area contributed by atoms with Crippen molar-refractivity contribution in [3.8, 4) is 0 Å². The Balaban J connectivity index is 1.56. The van der Waals surface area contributed by atoms with Crippen LogP contribution in [0.1, 0.15) is 50.6 Å². The predicted octanol–water partition coefficient (Wildman–Crippen LogP) is 2.67. The molecule has 2 N–H and O–H groups in total. The molecule has 0 bridgehead atoms. The lowest BCUT2D eigenvalue weighted by Crippen LogP contribution is -2.41. The largest absolute Gasteiger partial charge is 0.375 e. The zero-order valence-corrected chi connectivity index (χ0v) is 17.8. The molecular weight excluding hydrogens is 368 g/mol. The third-order valence-corrected chi connectivity index (χ3v) is 4.74. The van der Waals surface area contributed by atoms with E-state index in [0.29, 0.717) is 19.0 Å². The lowest BCUT2D eigenvalue weighted by molar-refractivity contribution is 0.0529. The molecule has 1 atom stereocenters. The van der Waals surface area contributed by atoms with Crippen molar-refractivity contribution in [2.75, 3.05) is 31.1 Å². The monoisotopic (exact) mass is 400 g/mol. The van der Waals surface area contributed by atoms with Crippen molar-refractivity contribution in [3.05, 3.63) is 41.4 Å². The van der Waals surface area contributed by atoms with E-state index in [1.165, 1.54) is 0 Å². The fourth-order valence-electron chi connectivity index (χ4n) is 3.09. The van der Waals surface area contributed by atoms with Crippen molar-refractivity contribution < 1.29 is 9.26 Å². The summed E-state index contributed by atoms with van der Waals surface area (Å²) in [5.41, 5.74) is 2.03. The molecule has 0 aliphatic carbocycles. The van der Waals surface area contributed by atoms with Crippen LogP contribution in [0.3, 0.4) is 0 Å². The van der Waals surface area contributed by atoms with Gasteiger partial charge in [0.25, 0.3) is 0 Å². The Kier molecular flexibility index (Phi) is 7.46. The number of nitrogens with zero attached hydrogens (tertiary/aromatic N) is 4. The van der Waals surface area contributed by atoms with Crippen LogP contribution in [0.25, 0.3) is 0 Å². The summed E-state index contributed by atoms with van der Waals surface area (Å²) in [6.07, 6.45) is 2.14. The molecule has 1 saturated heterocycles. The van der Waals surface area contributed by atoms with Gasteiger partial charge in [-0.25, -0.2) is 9.98 Å². The molecule has 8 nitrogen and oxygen atoms in total. The Labute approximate surface area is 172 Å². The van der Waals surface area contributed by atoms with Gasteiger partial charge in [-0.15, -0.1) is 0 Å². The van der Waals surface area contributed by atoms with E-state index in [1.54, 1.807) is 0 Å². The Hall–Kier alpha value is -2.61. The molecule has 0 amide bonds. The average Bonchev–Trinajstić information content (AvgIpc) is 3.20. The van der Waals surface area contributed by atoms with Crippen LogP contribution in [-0.2, 0) is 17.8 Å². The molecule has 1 aliphatic rings. The van der Waals surface area contributed by atoms with Crippen molar-refractivity contribution in [1.82, 2.24) is 20.8 Å². The standard InChI is InChI=1S/C21H32N6O2/c1-5-22-21(25-13-18-10-19(15(2)3)26-29-18)24-12-17-6-7-20(23-11-17)27-8-9-28-16(4)14-27/h6-7,10-11,15-16H,5,8-9,12-14H2,1-4H3,(H2,22,24,25). The highest BCUT2D eigenvalue weighted by Gasteiger charge is 2.17. The number of nitrogens with one attached hydrogen (secondary N) is 2. The number of aliphatic imine (C=N–C) groups is 1. The summed E-state index contributed by atoms with van der Waals surface area (Å²) in [7, 11) is 0. The SMILES string of the molecule is CCNC(=NCc1ccc(N2CCOC(C)C2)nc1)NCc1cc(C(C)C)no1. The quantitative estimate of drug-likeness (QED) is 0.546. The summed E-state index contributed by atoms with van der Waals surface area (Å²) in [5.74, 6) is 2.88. The number of anilines is 1. The van der Waals surface area contributed by atoms with Crippen LogP contribution in [0.15, 0.2) is 33.9 Å². The van der Waals surface area contributed by atoms with Gasteiger partial charge in [-0.05, 0) is 31.4 Å². The fourth-order valence-corrected chi connectivity index (χ4v) is 3.09. The number of rotatable bonds is 7. The Morgan fingerprint density at radius 1 is 1.34 bits per heavy atom. The minimum absolute atomic E-state index is 0.240. The van der Waals surface area contributed by atoms with E-state index >= 15 is 0 Å². The van der Waals surface area contributed by atoms with Gasteiger partial charge in [0.1, 0.15) is 5.82 Å². The van der Waals surface area contributed by atoms with Crippen LogP contribution < -0.4 is 15.5 Å². The van der Waals surface area contributed by atoms with E-state index in [2.05, 4.69) is 63.6 Å².